The van der Waals surface area contributed by atoms with Crippen molar-refractivity contribution in [3.63, 3.8) is 0 Å². The Morgan fingerprint density at radius 3 is 2.47 bits per heavy atom. The molecule has 0 radical (unpaired) electrons. The van der Waals surface area contributed by atoms with Gasteiger partial charge in [-0.25, -0.2) is 0 Å². The molecule has 0 aliphatic carbocycles. The highest BCUT2D eigenvalue weighted by Crippen LogP contribution is 2.24. The molecular weight excluding hydrogens is 188 g/mol. The molecule has 1 N–H and O–H groups in total. The predicted molar refractivity (Wildman–Crippen MR) is 60.9 cm³/mol. The van der Waals surface area contributed by atoms with E-state index in [2.05, 4.69) is 6.58 Å². The van der Waals surface area contributed by atoms with Crippen LogP contribution in [0.15, 0.2) is 42.5 Å². The van der Waals surface area contributed by atoms with Gasteiger partial charge in [-0.15, -0.1) is 0 Å². The lowest BCUT2D eigenvalue weighted by molar-refractivity contribution is -0.138. The minimum Gasteiger partial charge on any atom is -0.481 e. The SMILES string of the molecule is C=C(CC)CC(C(=O)O)c1ccccc1. The van der Waals surface area contributed by atoms with E-state index in [1.54, 1.807) is 0 Å². The number of hydrogen-bond acceptors (Lipinski definition) is 1. The highest BCUT2D eigenvalue weighted by atomic mass is 16.4. The summed E-state index contributed by atoms with van der Waals surface area (Å²) in [6, 6.07) is 9.31. The molecule has 2 nitrogen and oxygen atoms in total. The number of aliphatic carboxylic acids is 1. The smallest absolute Gasteiger partial charge is 0.311 e. The second-order valence-electron chi connectivity index (χ2n) is 3.61. The zero-order valence-corrected chi connectivity index (χ0v) is 8.94. The molecule has 0 heterocycles. The Kier molecular flexibility index (Phi) is 4.10. The summed E-state index contributed by atoms with van der Waals surface area (Å²) in [5.74, 6) is -1.24. The van der Waals surface area contributed by atoms with Gasteiger partial charge in [0.1, 0.15) is 0 Å². The van der Waals surface area contributed by atoms with E-state index >= 15 is 0 Å². The van der Waals surface area contributed by atoms with Crippen LogP contribution >= 0.6 is 0 Å². The summed E-state index contributed by atoms with van der Waals surface area (Å²) >= 11 is 0. The number of carboxylic acids is 1. The molecule has 1 aromatic rings. The molecule has 2 heteroatoms. The highest BCUT2D eigenvalue weighted by Gasteiger charge is 2.19. The number of benzene rings is 1. The van der Waals surface area contributed by atoms with Crippen molar-refractivity contribution in [1.82, 2.24) is 0 Å². The van der Waals surface area contributed by atoms with Gasteiger partial charge in [0, 0.05) is 0 Å². The van der Waals surface area contributed by atoms with Crippen molar-refractivity contribution in [3.8, 4) is 0 Å². The molecule has 0 saturated heterocycles. The number of rotatable bonds is 5. The number of hydrogen-bond donors (Lipinski definition) is 1. The van der Waals surface area contributed by atoms with Gasteiger partial charge in [0.05, 0.1) is 5.92 Å². The van der Waals surface area contributed by atoms with Crippen LogP contribution < -0.4 is 0 Å². The van der Waals surface area contributed by atoms with E-state index in [1.165, 1.54) is 0 Å². The zero-order chi connectivity index (χ0) is 11.3. The third-order valence-corrected chi connectivity index (χ3v) is 2.49. The molecule has 1 unspecified atom stereocenters. The van der Waals surface area contributed by atoms with Crippen molar-refractivity contribution >= 4 is 5.97 Å². The number of carbonyl (C=O) groups is 1. The molecule has 0 aliphatic rings. The minimum absolute atomic E-state index is 0.460. The maximum atomic E-state index is 11.1. The fourth-order valence-electron chi connectivity index (χ4n) is 1.47. The molecule has 1 atom stereocenters. The Balaban J connectivity index is 2.84. The lowest BCUT2D eigenvalue weighted by Gasteiger charge is -2.13. The molecule has 0 bridgehead atoms. The van der Waals surface area contributed by atoms with Crippen molar-refractivity contribution in [2.45, 2.75) is 25.7 Å². The summed E-state index contributed by atoms with van der Waals surface area (Å²) in [6.45, 7) is 5.85. The molecule has 0 fully saturated rings. The van der Waals surface area contributed by atoms with Crippen LogP contribution in [0, 0.1) is 0 Å². The average Bonchev–Trinajstić information content (AvgIpc) is 2.26. The maximum Gasteiger partial charge on any atom is 0.311 e. The van der Waals surface area contributed by atoms with Crippen LogP contribution in [0.25, 0.3) is 0 Å². The summed E-state index contributed by atoms with van der Waals surface area (Å²) in [4.78, 5) is 11.1. The summed E-state index contributed by atoms with van der Waals surface area (Å²) in [6.07, 6.45) is 1.35. The average molecular weight is 204 g/mol. The summed E-state index contributed by atoms with van der Waals surface area (Å²) < 4.78 is 0. The lowest BCUT2D eigenvalue weighted by atomic mass is 9.92. The Bertz CT molecular complexity index is 341. The lowest BCUT2D eigenvalue weighted by Crippen LogP contribution is -2.12. The second kappa shape index (κ2) is 5.35. The number of allylic oxidation sites excluding steroid dienone is 1. The first-order chi connectivity index (χ1) is 7.15. The van der Waals surface area contributed by atoms with Crippen LogP contribution in [0.5, 0.6) is 0 Å². The summed E-state index contributed by atoms with van der Waals surface area (Å²) in [5.41, 5.74) is 1.82. The van der Waals surface area contributed by atoms with Crippen LogP contribution in [0.1, 0.15) is 31.2 Å². The quantitative estimate of drug-likeness (QED) is 0.748. The largest absolute Gasteiger partial charge is 0.481 e. The molecule has 15 heavy (non-hydrogen) atoms. The fourth-order valence-corrected chi connectivity index (χ4v) is 1.47. The Morgan fingerprint density at radius 1 is 1.40 bits per heavy atom. The van der Waals surface area contributed by atoms with E-state index in [9.17, 15) is 4.79 Å². The monoisotopic (exact) mass is 204 g/mol. The van der Waals surface area contributed by atoms with Gasteiger partial charge < -0.3 is 5.11 Å². The van der Waals surface area contributed by atoms with Crippen LogP contribution in [0.2, 0.25) is 0 Å². The third kappa shape index (κ3) is 3.24. The molecule has 0 saturated carbocycles. The van der Waals surface area contributed by atoms with Gasteiger partial charge in [0.2, 0.25) is 0 Å². The Labute approximate surface area is 90.3 Å². The maximum absolute atomic E-state index is 11.1. The molecule has 0 spiro atoms. The normalized spacial score (nSPS) is 12.1. The predicted octanol–water partition coefficient (Wildman–Crippen LogP) is 3.21. The molecule has 0 amide bonds. The van der Waals surface area contributed by atoms with E-state index in [1.807, 2.05) is 37.3 Å². The zero-order valence-electron chi connectivity index (χ0n) is 8.94. The molecule has 0 aromatic heterocycles. The summed E-state index contributed by atoms with van der Waals surface area (Å²) in [5, 5.41) is 9.13. The van der Waals surface area contributed by atoms with Crippen molar-refractivity contribution in [2.75, 3.05) is 0 Å². The van der Waals surface area contributed by atoms with E-state index in [-0.39, 0.29) is 0 Å². The van der Waals surface area contributed by atoms with E-state index in [4.69, 9.17) is 5.11 Å². The molecule has 0 aliphatic heterocycles. The van der Waals surface area contributed by atoms with E-state index < -0.39 is 11.9 Å². The third-order valence-electron chi connectivity index (χ3n) is 2.49. The first-order valence-corrected chi connectivity index (χ1v) is 5.09. The van der Waals surface area contributed by atoms with E-state index in [0.717, 1.165) is 17.6 Å². The number of carboxylic acid groups (broad SMARTS) is 1. The fraction of sp³-hybridized carbons (Fsp3) is 0.308. The first-order valence-electron chi connectivity index (χ1n) is 5.09. The van der Waals surface area contributed by atoms with Crippen LogP contribution in [0.4, 0.5) is 0 Å². The molecule has 80 valence electrons. The van der Waals surface area contributed by atoms with Gasteiger partial charge in [0.25, 0.3) is 0 Å². The minimum atomic E-state index is -0.782. The van der Waals surface area contributed by atoms with Crippen LogP contribution in [0.3, 0.4) is 0 Å². The molecule has 1 aromatic carbocycles. The van der Waals surface area contributed by atoms with Crippen molar-refractivity contribution in [1.29, 1.82) is 0 Å². The first kappa shape index (κ1) is 11.5. The van der Waals surface area contributed by atoms with Gasteiger partial charge in [-0.1, -0.05) is 49.4 Å². The van der Waals surface area contributed by atoms with Crippen molar-refractivity contribution in [2.24, 2.45) is 0 Å². The van der Waals surface area contributed by atoms with Gasteiger partial charge in [-0.2, -0.15) is 0 Å². The van der Waals surface area contributed by atoms with Crippen molar-refractivity contribution in [3.05, 3.63) is 48.0 Å². The van der Waals surface area contributed by atoms with Crippen molar-refractivity contribution < 1.29 is 9.90 Å². The molecule has 1 rings (SSSR count). The van der Waals surface area contributed by atoms with E-state index in [0.29, 0.717) is 6.42 Å². The van der Waals surface area contributed by atoms with Gasteiger partial charge >= 0.3 is 5.97 Å². The topological polar surface area (TPSA) is 37.3 Å². The standard InChI is InChI=1S/C13H16O2/c1-3-10(2)9-12(13(14)15)11-7-5-4-6-8-11/h4-8,12H,2-3,9H2,1H3,(H,14,15). The summed E-state index contributed by atoms with van der Waals surface area (Å²) in [7, 11) is 0. The van der Waals surface area contributed by atoms with Gasteiger partial charge in [-0.3, -0.25) is 4.79 Å². The Hall–Kier alpha value is -1.57. The van der Waals surface area contributed by atoms with Gasteiger partial charge in [-0.05, 0) is 18.4 Å². The van der Waals surface area contributed by atoms with Crippen LogP contribution in [-0.4, -0.2) is 11.1 Å². The van der Waals surface area contributed by atoms with Gasteiger partial charge in [0.15, 0.2) is 0 Å². The highest BCUT2D eigenvalue weighted by molar-refractivity contribution is 5.76. The molecular formula is C13H16O2. The van der Waals surface area contributed by atoms with Crippen LogP contribution in [-0.2, 0) is 4.79 Å². The Morgan fingerprint density at radius 2 is 2.00 bits per heavy atom. The second-order valence-corrected chi connectivity index (χ2v) is 3.61.